The van der Waals surface area contributed by atoms with Gasteiger partial charge in [0.05, 0.1) is 0 Å². The molecule has 1 saturated heterocycles. The maximum Gasteiger partial charge on any atom is 0.272 e. The number of hydrogen-bond acceptors (Lipinski definition) is 3. The van der Waals surface area contributed by atoms with Gasteiger partial charge in [0.2, 0.25) is 0 Å². The molecule has 1 amide bonds. The van der Waals surface area contributed by atoms with Crippen LogP contribution in [0.25, 0.3) is 0 Å². The van der Waals surface area contributed by atoms with Crippen molar-refractivity contribution in [2.75, 3.05) is 19.6 Å². The Hall–Kier alpha value is -1.42. The van der Waals surface area contributed by atoms with Gasteiger partial charge in [0.1, 0.15) is 5.69 Å². The molecule has 19 heavy (non-hydrogen) atoms. The van der Waals surface area contributed by atoms with Crippen LogP contribution in [-0.4, -0.2) is 41.5 Å². The second-order valence-corrected chi connectivity index (χ2v) is 5.21. The average Bonchev–Trinajstić information content (AvgIpc) is 2.90. The predicted octanol–water partition coefficient (Wildman–Crippen LogP) is 1.99. The van der Waals surface area contributed by atoms with Crippen LogP contribution in [0.15, 0.2) is 18.2 Å². The molecule has 4 nitrogen and oxygen atoms in total. The summed E-state index contributed by atoms with van der Waals surface area (Å²) < 4.78 is 0. The van der Waals surface area contributed by atoms with Crippen LogP contribution in [-0.2, 0) is 0 Å². The molecule has 1 aliphatic rings. The van der Waals surface area contributed by atoms with E-state index >= 15 is 0 Å². The largest absolute Gasteiger partial charge is 0.336 e. The van der Waals surface area contributed by atoms with Gasteiger partial charge in [-0.3, -0.25) is 4.79 Å². The number of hydrogen-bond donors (Lipinski definition) is 1. The van der Waals surface area contributed by atoms with Crippen molar-refractivity contribution >= 4 is 5.91 Å². The molecule has 1 atom stereocenters. The van der Waals surface area contributed by atoms with E-state index in [0.717, 1.165) is 38.2 Å². The zero-order chi connectivity index (χ0) is 13.7. The van der Waals surface area contributed by atoms with Gasteiger partial charge in [0, 0.05) is 24.8 Å². The van der Waals surface area contributed by atoms with Crippen molar-refractivity contribution in [3.05, 3.63) is 29.6 Å². The molecule has 104 valence electrons. The zero-order valence-corrected chi connectivity index (χ0v) is 11.9. The molecule has 1 fully saturated rings. The Kier molecular flexibility index (Phi) is 4.91. The smallest absolute Gasteiger partial charge is 0.272 e. The molecule has 0 aromatic carbocycles. The fourth-order valence-electron chi connectivity index (χ4n) is 2.55. The van der Waals surface area contributed by atoms with Gasteiger partial charge in [0.15, 0.2) is 0 Å². The minimum Gasteiger partial charge on any atom is -0.336 e. The minimum absolute atomic E-state index is 0.0549. The Morgan fingerprint density at radius 3 is 3.00 bits per heavy atom. The monoisotopic (exact) mass is 261 g/mol. The first-order chi connectivity index (χ1) is 9.20. The van der Waals surface area contributed by atoms with Crippen molar-refractivity contribution in [1.29, 1.82) is 0 Å². The Bertz CT molecular complexity index is 427. The van der Waals surface area contributed by atoms with E-state index < -0.39 is 0 Å². The summed E-state index contributed by atoms with van der Waals surface area (Å²) in [6.07, 6.45) is 3.35. The molecule has 1 aromatic heterocycles. The fourth-order valence-corrected chi connectivity index (χ4v) is 2.55. The van der Waals surface area contributed by atoms with Crippen molar-refractivity contribution in [3.63, 3.8) is 0 Å². The van der Waals surface area contributed by atoms with Gasteiger partial charge in [-0.05, 0) is 44.9 Å². The number of carbonyl (C=O) groups is 1. The number of aromatic nitrogens is 1. The van der Waals surface area contributed by atoms with Gasteiger partial charge in [-0.2, -0.15) is 0 Å². The molecular formula is C15H23N3O. The first-order valence-electron chi connectivity index (χ1n) is 7.17. The van der Waals surface area contributed by atoms with Gasteiger partial charge >= 0.3 is 0 Å². The molecule has 1 N–H and O–H groups in total. The van der Waals surface area contributed by atoms with E-state index in [9.17, 15) is 4.79 Å². The average molecular weight is 261 g/mol. The van der Waals surface area contributed by atoms with E-state index in [1.807, 2.05) is 24.0 Å². The maximum absolute atomic E-state index is 12.5. The van der Waals surface area contributed by atoms with Crippen LogP contribution in [0.5, 0.6) is 0 Å². The van der Waals surface area contributed by atoms with Crippen LogP contribution < -0.4 is 5.32 Å². The summed E-state index contributed by atoms with van der Waals surface area (Å²) in [5.41, 5.74) is 1.45. The second-order valence-electron chi connectivity index (χ2n) is 5.21. The first kappa shape index (κ1) is 14.0. The molecule has 0 bridgehead atoms. The highest BCUT2D eigenvalue weighted by Crippen LogP contribution is 2.10. The molecule has 1 aromatic rings. The molecule has 1 unspecified atom stereocenters. The van der Waals surface area contributed by atoms with Crippen molar-refractivity contribution in [1.82, 2.24) is 15.2 Å². The molecule has 1 aliphatic heterocycles. The lowest BCUT2D eigenvalue weighted by molar-refractivity contribution is 0.0735. The Morgan fingerprint density at radius 2 is 2.37 bits per heavy atom. The van der Waals surface area contributed by atoms with Gasteiger partial charge in [-0.1, -0.05) is 13.0 Å². The molecule has 0 aliphatic carbocycles. The first-order valence-corrected chi connectivity index (χ1v) is 7.17. The van der Waals surface area contributed by atoms with E-state index in [1.165, 1.54) is 6.42 Å². The lowest BCUT2D eigenvalue weighted by atomic mass is 10.2. The minimum atomic E-state index is 0.0549. The van der Waals surface area contributed by atoms with E-state index in [4.69, 9.17) is 0 Å². The standard InChI is InChI=1S/C15H23N3O/c1-3-10-18(11-13-7-5-9-16-13)15(19)14-8-4-6-12(2)17-14/h4,6,8,13,16H,3,5,7,9-11H2,1-2H3. The van der Waals surface area contributed by atoms with Gasteiger partial charge in [-0.25, -0.2) is 4.98 Å². The number of nitrogens with zero attached hydrogens (tertiary/aromatic N) is 2. The summed E-state index contributed by atoms with van der Waals surface area (Å²) in [6.45, 7) is 6.68. The van der Waals surface area contributed by atoms with Gasteiger partial charge in [0.25, 0.3) is 5.91 Å². The van der Waals surface area contributed by atoms with Crippen LogP contribution in [0, 0.1) is 6.92 Å². The number of amides is 1. The van der Waals surface area contributed by atoms with Crippen LogP contribution >= 0.6 is 0 Å². The van der Waals surface area contributed by atoms with Crippen molar-refractivity contribution in [2.45, 2.75) is 39.2 Å². The zero-order valence-electron chi connectivity index (χ0n) is 11.9. The maximum atomic E-state index is 12.5. The van der Waals surface area contributed by atoms with Crippen LogP contribution in [0.4, 0.5) is 0 Å². The summed E-state index contributed by atoms with van der Waals surface area (Å²) >= 11 is 0. The van der Waals surface area contributed by atoms with E-state index in [1.54, 1.807) is 6.07 Å². The lowest BCUT2D eigenvalue weighted by Crippen LogP contribution is -2.41. The third-order valence-corrected chi connectivity index (χ3v) is 3.49. The highest BCUT2D eigenvalue weighted by molar-refractivity contribution is 5.92. The number of carbonyl (C=O) groups excluding carboxylic acids is 1. The summed E-state index contributed by atoms with van der Waals surface area (Å²) in [6, 6.07) is 6.06. The second kappa shape index (κ2) is 6.66. The summed E-state index contributed by atoms with van der Waals surface area (Å²) in [5, 5.41) is 3.45. The molecule has 2 heterocycles. The van der Waals surface area contributed by atoms with Crippen LogP contribution in [0.3, 0.4) is 0 Å². The third kappa shape index (κ3) is 3.77. The number of rotatable bonds is 5. The summed E-state index contributed by atoms with van der Waals surface area (Å²) in [4.78, 5) is 18.8. The van der Waals surface area contributed by atoms with Crippen molar-refractivity contribution in [2.24, 2.45) is 0 Å². The molecule has 2 rings (SSSR count). The molecule has 4 heteroatoms. The van der Waals surface area contributed by atoms with Gasteiger partial charge < -0.3 is 10.2 Å². The molecular weight excluding hydrogens is 238 g/mol. The van der Waals surface area contributed by atoms with E-state index in [0.29, 0.717) is 11.7 Å². The van der Waals surface area contributed by atoms with Gasteiger partial charge in [-0.15, -0.1) is 0 Å². The quantitative estimate of drug-likeness (QED) is 0.881. The lowest BCUT2D eigenvalue weighted by Gasteiger charge is -2.25. The highest BCUT2D eigenvalue weighted by atomic mass is 16.2. The van der Waals surface area contributed by atoms with Crippen LogP contribution in [0.2, 0.25) is 0 Å². The van der Waals surface area contributed by atoms with Crippen LogP contribution in [0.1, 0.15) is 42.4 Å². The van der Waals surface area contributed by atoms with E-state index in [-0.39, 0.29) is 5.91 Å². The summed E-state index contributed by atoms with van der Waals surface area (Å²) in [7, 11) is 0. The summed E-state index contributed by atoms with van der Waals surface area (Å²) in [5.74, 6) is 0.0549. The van der Waals surface area contributed by atoms with Crippen molar-refractivity contribution in [3.8, 4) is 0 Å². The molecule has 0 saturated carbocycles. The Labute approximate surface area is 115 Å². The fraction of sp³-hybridized carbons (Fsp3) is 0.600. The highest BCUT2D eigenvalue weighted by Gasteiger charge is 2.22. The topological polar surface area (TPSA) is 45.2 Å². The third-order valence-electron chi connectivity index (χ3n) is 3.49. The molecule has 0 radical (unpaired) electrons. The SMILES string of the molecule is CCCN(CC1CCCN1)C(=O)c1cccc(C)n1. The number of pyridine rings is 1. The predicted molar refractivity (Wildman–Crippen MR) is 76.2 cm³/mol. The van der Waals surface area contributed by atoms with Crippen molar-refractivity contribution < 1.29 is 4.79 Å². The van der Waals surface area contributed by atoms with E-state index in [2.05, 4.69) is 17.2 Å². The molecule has 0 spiro atoms. The Morgan fingerprint density at radius 1 is 1.53 bits per heavy atom. The number of nitrogens with one attached hydrogen (secondary N) is 1. The normalized spacial score (nSPS) is 18.5. The number of aryl methyl sites for hydroxylation is 1. The Balaban J connectivity index is 2.06.